The summed E-state index contributed by atoms with van der Waals surface area (Å²) in [7, 11) is 0. The molecule has 0 aliphatic carbocycles. The van der Waals surface area contributed by atoms with Crippen molar-refractivity contribution in [2.45, 2.75) is 39.7 Å². The molecule has 0 N–H and O–H groups in total. The number of fused-ring (bicyclic) bond motifs is 1. The normalized spacial score (nSPS) is 16.4. The lowest BCUT2D eigenvalue weighted by atomic mass is 10.1. The average Bonchev–Trinajstić information content (AvgIpc) is 3.30. The average molecular weight is 405 g/mol. The van der Waals surface area contributed by atoms with E-state index in [1.54, 1.807) is 0 Å². The zero-order valence-corrected chi connectivity index (χ0v) is 17.8. The van der Waals surface area contributed by atoms with Gasteiger partial charge in [0.2, 0.25) is 11.8 Å². The van der Waals surface area contributed by atoms with Crippen LogP contribution in [-0.2, 0) is 16.1 Å². The third-order valence-corrected chi connectivity index (χ3v) is 5.90. The van der Waals surface area contributed by atoms with Gasteiger partial charge in [-0.25, -0.2) is 4.98 Å². The molecule has 0 spiro atoms. The maximum atomic E-state index is 12.9. The number of carbonyl (C=O) groups is 2. The topological polar surface area (TPSA) is 58.4 Å². The fraction of sp³-hybridized carbons (Fsp3) is 0.375. The molecule has 6 nitrogen and oxygen atoms in total. The number of para-hydroxylation sites is 2. The predicted molar refractivity (Wildman–Crippen MR) is 119 cm³/mol. The molecular weight excluding hydrogens is 376 g/mol. The van der Waals surface area contributed by atoms with Gasteiger partial charge in [0.25, 0.3) is 0 Å². The van der Waals surface area contributed by atoms with Crippen LogP contribution in [0.1, 0.15) is 37.6 Å². The Morgan fingerprint density at radius 3 is 2.63 bits per heavy atom. The molecule has 1 aliphatic heterocycles. The molecule has 2 aromatic carbocycles. The molecule has 1 atom stereocenters. The van der Waals surface area contributed by atoms with E-state index in [1.165, 1.54) is 0 Å². The highest BCUT2D eigenvalue weighted by Gasteiger charge is 2.35. The molecule has 3 aromatic rings. The van der Waals surface area contributed by atoms with Gasteiger partial charge in [-0.3, -0.25) is 9.59 Å². The minimum atomic E-state index is -0.0464. The van der Waals surface area contributed by atoms with Gasteiger partial charge < -0.3 is 14.4 Å². The first kappa shape index (κ1) is 20.1. The fourth-order valence-corrected chi connectivity index (χ4v) is 4.31. The standard InChI is InChI=1S/C24H28N4O2/c1-4-26(5-2)23(30)16-28-21-12-7-6-11-20(21)25-24(28)18-14-22(29)27(15-18)19-10-8-9-17(3)13-19/h6-13,18H,4-5,14-16H2,1-3H3/t18-/m1/s1. The second-order valence-corrected chi connectivity index (χ2v) is 7.86. The van der Waals surface area contributed by atoms with Crippen LogP contribution in [0.25, 0.3) is 11.0 Å². The summed E-state index contributed by atoms with van der Waals surface area (Å²) < 4.78 is 2.01. The maximum absolute atomic E-state index is 12.9. The number of aromatic nitrogens is 2. The van der Waals surface area contributed by atoms with Crippen molar-refractivity contribution in [3.63, 3.8) is 0 Å². The molecule has 1 aliphatic rings. The van der Waals surface area contributed by atoms with Crippen LogP contribution in [0.4, 0.5) is 5.69 Å². The monoisotopic (exact) mass is 404 g/mol. The summed E-state index contributed by atoms with van der Waals surface area (Å²) in [5.74, 6) is 0.943. The Labute approximate surface area is 177 Å². The highest BCUT2D eigenvalue weighted by atomic mass is 16.2. The molecular formula is C24H28N4O2. The molecule has 0 bridgehead atoms. The van der Waals surface area contributed by atoms with Gasteiger partial charge in [-0.2, -0.15) is 0 Å². The van der Waals surface area contributed by atoms with Crippen molar-refractivity contribution in [2.24, 2.45) is 0 Å². The third kappa shape index (κ3) is 3.70. The van der Waals surface area contributed by atoms with E-state index >= 15 is 0 Å². The minimum absolute atomic E-state index is 0.0464. The van der Waals surface area contributed by atoms with Crippen LogP contribution >= 0.6 is 0 Å². The summed E-state index contributed by atoms with van der Waals surface area (Å²) in [5, 5.41) is 0. The van der Waals surface area contributed by atoms with E-state index in [9.17, 15) is 9.59 Å². The van der Waals surface area contributed by atoms with Crippen molar-refractivity contribution in [1.82, 2.24) is 14.5 Å². The van der Waals surface area contributed by atoms with Crippen LogP contribution in [0, 0.1) is 6.92 Å². The highest BCUT2D eigenvalue weighted by Crippen LogP contribution is 2.33. The zero-order valence-electron chi connectivity index (χ0n) is 17.8. The van der Waals surface area contributed by atoms with E-state index in [4.69, 9.17) is 4.98 Å². The van der Waals surface area contributed by atoms with E-state index < -0.39 is 0 Å². The number of amides is 2. The molecule has 2 heterocycles. The molecule has 0 saturated carbocycles. The molecule has 2 amide bonds. The van der Waals surface area contributed by atoms with Crippen molar-refractivity contribution in [3.8, 4) is 0 Å². The van der Waals surface area contributed by atoms with Crippen molar-refractivity contribution >= 4 is 28.5 Å². The second kappa shape index (κ2) is 8.30. The van der Waals surface area contributed by atoms with Gasteiger partial charge in [-0.05, 0) is 50.6 Å². The highest BCUT2D eigenvalue weighted by molar-refractivity contribution is 5.96. The van der Waals surface area contributed by atoms with Gasteiger partial charge in [0.15, 0.2) is 0 Å². The Kier molecular flexibility index (Phi) is 5.57. The number of aryl methyl sites for hydroxylation is 1. The van der Waals surface area contributed by atoms with Gasteiger partial charge >= 0.3 is 0 Å². The van der Waals surface area contributed by atoms with Gasteiger partial charge in [-0.1, -0.05) is 24.3 Å². The summed E-state index contributed by atoms with van der Waals surface area (Å²) in [6.45, 7) is 8.19. The van der Waals surface area contributed by atoms with E-state index in [1.807, 2.05) is 83.7 Å². The van der Waals surface area contributed by atoms with Crippen LogP contribution in [0.2, 0.25) is 0 Å². The number of benzene rings is 2. The summed E-state index contributed by atoms with van der Waals surface area (Å²) in [6, 6.07) is 15.9. The van der Waals surface area contributed by atoms with Gasteiger partial charge in [0, 0.05) is 37.7 Å². The molecule has 30 heavy (non-hydrogen) atoms. The lowest BCUT2D eigenvalue weighted by molar-refractivity contribution is -0.131. The van der Waals surface area contributed by atoms with E-state index in [0.29, 0.717) is 26.1 Å². The van der Waals surface area contributed by atoms with Gasteiger partial charge in [0.1, 0.15) is 12.4 Å². The van der Waals surface area contributed by atoms with E-state index in [2.05, 4.69) is 0 Å². The van der Waals surface area contributed by atoms with Crippen LogP contribution in [0.15, 0.2) is 48.5 Å². The molecule has 1 saturated heterocycles. The Bertz CT molecular complexity index is 1080. The zero-order chi connectivity index (χ0) is 21.3. The smallest absolute Gasteiger partial charge is 0.242 e. The van der Waals surface area contributed by atoms with Crippen LogP contribution < -0.4 is 4.90 Å². The summed E-state index contributed by atoms with van der Waals surface area (Å²) in [4.78, 5) is 34.2. The number of hydrogen-bond donors (Lipinski definition) is 0. The predicted octanol–water partition coefficient (Wildman–Crippen LogP) is 3.73. The molecule has 4 rings (SSSR count). The number of hydrogen-bond acceptors (Lipinski definition) is 3. The molecule has 1 aromatic heterocycles. The lowest BCUT2D eigenvalue weighted by Crippen LogP contribution is -2.34. The Balaban J connectivity index is 1.69. The van der Waals surface area contributed by atoms with Crippen LogP contribution in [0.3, 0.4) is 0 Å². The Morgan fingerprint density at radius 2 is 1.90 bits per heavy atom. The molecule has 1 fully saturated rings. The molecule has 6 heteroatoms. The number of likely N-dealkylation sites (N-methyl/N-ethyl adjacent to an activating group) is 1. The SMILES string of the molecule is CCN(CC)C(=O)Cn1c([C@@H]2CC(=O)N(c3cccc(C)c3)C2)nc2ccccc21. The third-order valence-electron chi connectivity index (χ3n) is 5.90. The second-order valence-electron chi connectivity index (χ2n) is 7.86. The Hall–Kier alpha value is -3.15. The van der Waals surface area contributed by atoms with Gasteiger partial charge in [0.05, 0.1) is 11.0 Å². The maximum Gasteiger partial charge on any atom is 0.242 e. The number of rotatable bonds is 6. The summed E-state index contributed by atoms with van der Waals surface area (Å²) >= 11 is 0. The largest absolute Gasteiger partial charge is 0.342 e. The lowest BCUT2D eigenvalue weighted by Gasteiger charge is -2.21. The molecule has 0 unspecified atom stereocenters. The van der Waals surface area contributed by atoms with Crippen molar-refractivity contribution in [3.05, 3.63) is 59.9 Å². The number of carbonyl (C=O) groups excluding carboxylic acids is 2. The first-order valence-corrected chi connectivity index (χ1v) is 10.6. The first-order valence-electron chi connectivity index (χ1n) is 10.6. The summed E-state index contributed by atoms with van der Waals surface area (Å²) in [6.07, 6.45) is 0.400. The van der Waals surface area contributed by atoms with Crippen molar-refractivity contribution in [2.75, 3.05) is 24.5 Å². The quantitative estimate of drug-likeness (QED) is 0.629. The minimum Gasteiger partial charge on any atom is -0.342 e. The Morgan fingerprint density at radius 1 is 1.13 bits per heavy atom. The summed E-state index contributed by atoms with van der Waals surface area (Å²) in [5.41, 5.74) is 3.85. The molecule has 0 radical (unpaired) electrons. The first-order chi connectivity index (χ1) is 14.5. The van der Waals surface area contributed by atoms with E-state index in [0.717, 1.165) is 28.1 Å². The van der Waals surface area contributed by atoms with Crippen molar-refractivity contribution in [1.29, 1.82) is 0 Å². The molecule has 156 valence electrons. The van der Waals surface area contributed by atoms with Crippen LogP contribution in [-0.4, -0.2) is 45.9 Å². The number of nitrogens with zero attached hydrogens (tertiary/aromatic N) is 4. The fourth-order valence-electron chi connectivity index (χ4n) is 4.31. The van der Waals surface area contributed by atoms with Gasteiger partial charge in [-0.15, -0.1) is 0 Å². The van der Waals surface area contributed by atoms with Crippen LogP contribution in [0.5, 0.6) is 0 Å². The number of anilines is 1. The van der Waals surface area contributed by atoms with E-state index in [-0.39, 0.29) is 24.3 Å². The number of imidazole rings is 1. The van der Waals surface area contributed by atoms with Crippen molar-refractivity contribution < 1.29 is 9.59 Å².